The summed E-state index contributed by atoms with van der Waals surface area (Å²) in [5, 5.41) is 9.78. The standard InChI is InChI=1S/C14H14O3/c1-9(15)14-12(16)7-11(8-13(14)17)10-5-3-2-4-6-10/h2-6,11,16H,7-8H2,1H3/t11-/m1/s1. The first kappa shape index (κ1) is 11.6. The van der Waals surface area contributed by atoms with Crippen LogP contribution >= 0.6 is 0 Å². The SMILES string of the molecule is CC(=O)C1=C(O)C[C@@H](c2ccccc2)CC1=O. The molecule has 1 aliphatic carbocycles. The van der Waals surface area contributed by atoms with Crippen molar-refractivity contribution in [3.05, 3.63) is 47.2 Å². The van der Waals surface area contributed by atoms with E-state index in [0.29, 0.717) is 12.8 Å². The minimum absolute atomic E-state index is 0.0165. The summed E-state index contributed by atoms with van der Waals surface area (Å²) in [6.07, 6.45) is 0.660. The lowest BCUT2D eigenvalue weighted by Crippen LogP contribution is -2.22. The van der Waals surface area contributed by atoms with Crippen molar-refractivity contribution in [1.82, 2.24) is 0 Å². The van der Waals surface area contributed by atoms with Crippen molar-refractivity contribution in [3.8, 4) is 0 Å². The Kier molecular flexibility index (Phi) is 3.09. The summed E-state index contributed by atoms with van der Waals surface area (Å²) in [5.74, 6) is -0.691. The number of hydrogen-bond donors (Lipinski definition) is 1. The number of allylic oxidation sites excluding steroid dienone is 2. The maximum absolute atomic E-state index is 11.8. The van der Waals surface area contributed by atoms with E-state index in [2.05, 4.69) is 0 Å². The van der Waals surface area contributed by atoms with Gasteiger partial charge in [-0.2, -0.15) is 0 Å². The van der Waals surface area contributed by atoms with Gasteiger partial charge in [-0.3, -0.25) is 9.59 Å². The first-order valence-corrected chi connectivity index (χ1v) is 5.60. The van der Waals surface area contributed by atoms with Gasteiger partial charge in [0.05, 0.1) is 5.57 Å². The van der Waals surface area contributed by atoms with Crippen LogP contribution < -0.4 is 0 Å². The molecule has 1 N–H and O–H groups in total. The Labute approximate surface area is 99.8 Å². The molecule has 0 spiro atoms. The molecule has 0 saturated carbocycles. The Morgan fingerprint density at radius 2 is 1.88 bits per heavy atom. The predicted molar refractivity (Wildman–Crippen MR) is 63.8 cm³/mol. The average Bonchev–Trinajstić information content (AvgIpc) is 2.28. The van der Waals surface area contributed by atoms with Crippen LogP contribution in [0.25, 0.3) is 0 Å². The summed E-state index contributed by atoms with van der Waals surface area (Å²) >= 11 is 0. The Morgan fingerprint density at radius 3 is 2.41 bits per heavy atom. The molecule has 0 aliphatic heterocycles. The number of rotatable bonds is 2. The van der Waals surface area contributed by atoms with Crippen molar-refractivity contribution >= 4 is 11.6 Å². The van der Waals surface area contributed by atoms with Crippen LogP contribution in [0.5, 0.6) is 0 Å². The van der Waals surface area contributed by atoms with Gasteiger partial charge in [-0.15, -0.1) is 0 Å². The highest BCUT2D eigenvalue weighted by atomic mass is 16.3. The van der Waals surface area contributed by atoms with Crippen LogP contribution in [0.3, 0.4) is 0 Å². The van der Waals surface area contributed by atoms with E-state index in [4.69, 9.17) is 0 Å². The zero-order valence-electron chi connectivity index (χ0n) is 9.64. The van der Waals surface area contributed by atoms with Gasteiger partial charge in [0.1, 0.15) is 5.76 Å². The molecule has 0 unspecified atom stereocenters. The van der Waals surface area contributed by atoms with E-state index in [0.717, 1.165) is 5.56 Å². The maximum Gasteiger partial charge on any atom is 0.170 e. The molecule has 0 aromatic heterocycles. The van der Waals surface area contributed by atoms with Crippen molar-refractivity contribution in [1.29, 1.82) is 0 Å². The van der Waals surface area contributed by atoms with Crippen LogP contribution in [0.15, 0.2) is 41.7 Å². The summed E-state index contributed by atoms with van der Waals surface area (Å²) in [6.45, 7) is 1.31. The average molecular weight is 230 g/mol. The van der Waals surface area contributed by atoms with E-state index >= 15 is 0 Å². The van der Waals surface area contributed by atoms with Gasteiger partial charge in [-0.05, 0) is 18.4 Å². The van der Waals surface area contributed by atoms with Gasteiger partial charge in [0.25, 0.3) is 0 Å². The number of ketones is 2. The lowest BCUT2D eigenvalue weighted by atomic mass is 9.82. The number of hydrogen-bond acceptors (Lipinski definition) is 3. The summed E-state index contributed by atoms with van der Waals surface area (Å²) in [4.78, 5) is 23.0. The van der Waals surface area contributed by atoms with Crippen LogP contribution in [-0.4, -0.2) is 16.7 Å². The molecule has 0 heterocycles. The zero-order chi connectivity index (χ0) is 12.4. The molecule has 1 aromatic rings. The number of benzene rings is 1. The summed E-state index contributed by atoms with van der Waals surface area (Å²) in [6, 6.07) is 9.58. The Hall–Kier alpha value is -1.90. The lowest BCUT2D eigenvalue weighted by molar-refractivity contribution is -0.121. The molecule has 1 aliphatic rings. The third-order valence-electron chi connectivity index (χ3n) is 3.06. The van der Waals surface area contributed by atoms with Crippen LogP contribution in [-0.2, 0) is 9.59 Å². The van der Waals surface area contributed by atoms with E-state index in [-0.39, 0.29) is 28.8 Å². The van der Waals surface area contributed by atoms with E-state index in [1.807, 2.05) is 30.3 Å². The predicted octanol–water partition coefficient (Wildman–Crippen LogP) is 2.53. The monoisotopic (exact) mass is 230 g/mol. The van der Waals surface area contributed by atoms with Gasteiger partial charge >= 0.3 is 0 Å². The summed E-state index contributed by atoms with van der Waals surface area (Å²) in [5.41, 5.74) is 1.01. The second-order valence-corrected chi connectivity index (χ2v) is 4.32. The van der Waals surface area contributed by atoms with Gasteiger partial charge in [0.15, 0.2) is 11.6 Å². The number of Topliss-reactive ketones (excluding diaryl/α,β-unsaturated/α-hetero) is 2. The minimum Gasteiger partial charge on any atom is -0.511 e. The maximum atomic E-state index is 11.8. The van der Waals surface area contributed by atoms with Gasteiger partial charge in [0.2, 0.25) is 0 Å². The number of aliphatic hydroxyl groups excluding tert-OH is 1. The molecule has 17 heavy (non-hydrogen) atoms. The molecular formula is C14H14O3. The van der Waals surface area contributed by atoms with E-state index in [1.54, 1.807) is 0 Å². The molecule has 2 rings (SSSR count). The molecule has 0 fully saturated rings. The molecule has 0 radical (unpaired) electrons. The highest BCUT2D eigenvalue weighted by Gasteiger charge is 2.30. The number of aliphatic hydroxyl groups is 1. The van der Waals surface area contributed by atoms with E-state index in [9.17, 15) is 14.7 Å². The Bertz CT molecular complexity index is 485. The largest absolute Gasteiger partial charge is 0.511 e. The Morgan fingerprint density at radius 1 is 1.24 bits per heavy atom. The van der Waals surface area contributed by atoms with Gasteiger partial charge < -0.3 is 5.11 Å². The van der Waals surface area contributed by atoms with Gasteiger partial charge in [-0.1, -0.05) is 30.3 Å². The van der Waals surface area contributed by atoms with Crippen LogP contribution in [0, 0.1) is 0 Å². The van der Waals surface area contributed by atoms with Crippen molar-refractivity contribution in [2.75, 3.05) is 0 Å². The molecular weight excluding hydrogens is 216 g/mol. The lowest BCUT2D eigenvalue weighted by Gasteiger charge is -2.22. The summed E-state index contributed by atoms with van der Waals surface area (Å²) < 4.78 is 0. The van der Waals surface area contributed by atoms with Crippen LogP contribution in [0.4, 0.5) is 0 Å². The summed E-state index contributed by atoms with van der Waals surface area (Å²) in [7, 11) is 0. The normalized spacial score (nSPS) is 20.5. The minimum atomic E-state index is -0.348. The first-order chi connectivity index (χ1) is 8.09. The fraction of sp³-hybridized carbons (Fsp3) is 0.286. The quantitative estimate of drug-likeness (QED) is 0.794. The third-order valence-corrected chi connectivity index (χ3v) is 3.06. The van der Waals surface area contributed by atoms with Crippen LogP contribution in [0.1, 0.15) is 31.2 Å². The number of carbonyl (C=O) groups is 2. The number of carbonyl (C=O) groups excluding carboxylic acids is 2. The van der Waals surface area contributed by atoms with Gasteiger partial charge in [-0.25, -0.2) is 0 Å². The smallest absolute Gasteiger partial charge is 0.170 e. The zero-order valence-corrected chi connectivity index (χ0v) is 9.64. The fourth-order valence-electron chi connectivity index (χ4n) is 2.25. The molecule has 88 valence electrons. The van der Waals surface area contributed by atoms with E-state index in [1.165, 1.54) is 6.92 Å². The molecule has 1 aromatic carbocycles. The second kappa shape index (κ2) is 4.53. The molecule has 0 amide bonds. The molecule has 3 heteroatoms. The fourth-order valence-corrected chi connectivity index (χ4v) is 2.25. The van der Waals surface area contributed by atoms with Gasteiger partial charge in [0, 0.05) is 12.8 Å². The highest BCUT2D eigenvalue weighted by molar-refractivity contribution is 6.20. The van der Waals surface area contributed by atoms with Crippen molar-refractivity contribution < 1.29 is 14.7 Å². The van der Waals surface area contributed by atoms with Crippen molar-refractivity contribution in [2.45, 2.75) is 25.7 Å². The topological polar surface area (TPSA) is 54.4 Å². The van der Waals surface area contributed by atoms with Crippen molar-refractivity contribution in [2.24, 2.45) is 0 Å². The molecule has 0 saturated heterocycles. The highest BCUT2D eigenvalue weighted by Crippen LogP contribution is 2.33. The van der Waals surface area contributed by atoms with Crippen LogP contribution in [0.2, 0.25) is 0 Å². The molecule has 1 atom stereocenters. The van der Waals surface area contributed by atoms with E-state index < -0.39 is 0 Å². The first-order valence-electron chi connectivity index (χ1n) is 5.60. The molecule has 3 nitrogen and oxygen atoms in total. The molecule has 0 bridgehead atoms. The van der Waals surface area contributed by atoms with Crippen molar-refractivity contribution in [3.63, 3.8) is 0 Å². The Balaban J connectivity index is 2.30. The third kappa shape index (κ3) is 2.28. The second-order valence-electron chi connectivity index (χ2n) is 4.32.